The van der Waals surface area contributed by atoms with E-state index in [9.17, 15) is 14.4 Å². The van der Waals surface area contributed by atoms with Crippen molar-refractivity contribution in [2.75, 3.05) is 0 Å². The molecule has 0 spiro atoms. The van der Waals surface area contributed by atoms with Gasteiger partial charge in [-0.1, -0.05) is 0 Å². The predicted octanol–water partition coefficient (Wildman–Crippen LogP) is -0.0826. The Kier molecular flexibility index (Phi) is 5.36. The lowest BCUT2D eigenvalue weighted by atomic mass is 10.2. The first kappa shape index (κ1) is 13.4. The molecule has 2 N–H and O–H groups in total. The number of rotatable bonds is 5. The number of carboxylic acid groups (broad SMARTS) is 1. The fourth-order valence-electron chi connectivity index (χ4n) is 0.928. The first-order valence-corrected chi connectivity index (χ1v) is 4.52. The van der Waals surface area contributed by atoms with Gasteiger partial charge in [0.1, 0.15) is 6.04 Å². The molecular formula is C9H15NO5. The van der Waals surface area contributed by atoms with E-state index < -0.39 is 30.3 Å². The second-order valence-corrected chi connectivity index (χ2v) is 3.34. The van der Waals surface area contributed by atoms with Crippen LogP contribution in [0.15, 0.2) is 0 Å². The lowest BCUT2D eigenvalue weighted by Crippen LogP contribution is -2.43. The minimum Gasteiger partial charge on any atom is -0.481 e. The molecule has 1 atom stereocenters. The average Bonchev–Trinajstić information content (AvgIpc) is 1.99. The highest BCUT2D eigenvalue weighted by atomic mass is 16.5. The summed E-state index contributed by atoms with van der Waals surface area (Å²) in [5.41, 5.74) is 0. The molecule has 0 saturated carbocycles. The standard InChI is InChI=1S/C9H15NO5/c1-5(2)15-9(14)7(4-8(12)13)10-6(3)11/h5,7H,4H2,1-3H3,(H,10,11)(H,12,13). The largest absolute Gasteiger partial charge is 0.481 e. The molecule has 86 valence electrons. The van der Waals surface area contributed by atoms with Gasteiger partial charge in [-0.05, 0) is 13.8 Å². The quantitative estimate of drug-likeness (QED) is 0.628. The Labute approximate surface area is 87.6 Å². The molecule has 0 aliphatic heterocycles. The Balaban J connectivity index is 4.40. The maximum Gasteiger partial charge on any atom is 0.329 e. The van der Waals surface area contributed by atoms with Crippen molar-refractivity contribution in [2.45, 2.75) is 39.3 Å². The zero-order valence-electron chi connectivity index (χ0n) is 8.94. The van der Waals surface area contributed by atoms with Gasteiger partial charge in [0, 0.05) is 6.92 Å². The lowest BCUT2D eigenvalue weighted by molar-refractivity contribution is -0.154. The van der Waals surface area contributed by atoms with Gasteiger partial charge < -0.3 is 15.2 Å². The van der Waals surface area contributed by atoms with Gasteiger partial charge in [-0.3, -0.25) is 9.59 Å². The summed E-state index contributed by atoms with van der Waals surface area (Å²) in [7, 11) is 0. The molecule has 0 aromatic rings. The summed E-state index contributed by atoms with van der Waals surface area (Å²) in [4.78, 5) is 32.5. The van der Waals surface area contributed by atoms with Crippen LogP contribution < -0.4 is 5.32 Å². The van der Waals surface area contributed by atoms with Gasteiger partial charge in [0.2, 0.25) is 5.91 Å². The van der Waals surface area contributed by atoms with E-state index in [4.69, 9.17) is 9.84 Å². The first-order valence-electron chi connectivity index (χ1n) is 4.52. The van der Waals surface area contributed by atoms with Gasteiger partial charge in [-0.25, -0.2) is 4.79 Å². The van der Waals surface area contributed by atoms with E-state index in [-0.39, 0.29) is 6.10 Å². The first-order chi connectivity index (χ1) is 6.82. The maximum absolute atomic E-state index is 11.3. The summed E-state index contributed by atoms with van der Waals surface area (Å²) < 4.78 is 4.80. The number of ether oxygens (including phenoxy) is 1. The third kappa shape index (κ3) is 6.48. The molecule has 15 heavy (non-hydrogen) atoms. The van der Waals surface area contributed by atoms with Crippen molar-refractivity contribution in [1.29, 1.82) is 0 Å². The van der Waals surface area contributed by atoms with Crippen LogP contribution in [0.1, 0.15) is 27.2 Å². The van der Waals surface area contributed by atoms with Crippen LogP contribution in [0.5, 0.6) is 0 Å². The van der Waals surface area contributed by atoms with E-state index in [1.54, 1.807) is 13.8 Å². The number of esters is 1. The molecule has 0 aromatic carbocycles. The summed E-state index contributed by atoms with van der Waals surface area (Å²) in [6, 6.07) is -1.12. The van der Waals surface area contributed by atoms with Gasteiger partial charge in [-0.2, -0.15) is 0 Å². The van der Waals surface area contributed by atoms with Crippen LogP contribution in [0, 0.1) is 0 Å². The smallest absolute Gasteiger partial charge is 0.329 e. The van der Waals surface area contributed by atoms with Crippen molar-refractivity contribution < 1.29 is 24.2 Å². The van der Waals surface area contributed by atoms with Crippen LogP contribution in [0.3, 0.4) is 0 Å². The fourth-order valence-corrected chi connectivity index (χ4v) is 0.928. The van der Waals surface area contributed by atoms with Crippen molar-refractivity contribution in [3.8, 4) is 0 Å². The van der Waals surface area contributed by atoms with Gasteiger partial charge in [0.15, 0.2) is 0 Å². The third-order valence-corrected chi connectivity index (χ3v) is 1.39. The molecular weight excluding hydrogens is 202 g/mol. The van der Waals surface area contributed by atoms with E-state index in [0.717, 1.165) is 0 Å². The number of carbonyl (C=O) groups excluding carboxylic acids is 2. The third-order valence-electron chi connectivity index (χ3n) is 1.39. The normalized spacial score (nSPS) is 12.0. The highest BCUT2D eigenvalue weighted by molar-refractivity contribution is 5.86. The number of amides is 1. The molecule has 0 heterocycles. The summed E-state index contributed by atoms with van der Waals surface area (Å²) in [6.45, 7) is 4.49. The van der Waals surface area contributed by atoms with Gasteiger partial charge in [0.05, 0.1) is 12.5 Å². The van der Waals surface area contributed by atoms with Crippen LogP contribution >= 0.6 is 0 Å². The number of carbonyl (C=O) groups is 3. The molecule has 1 unspecified atom stereocenters. The molecule has 0 radical (unpaired) electrons. The second kappa shape index (κ2) is 6.00. The van der Waals surface area contributed by atoms with Crippen molar-refractivity contribution in [3.05, 3.63) is 0 Å². The van der Waals surface area contributed by atoms with E-state index >= 15 is 0 Å². The Hall–Kier alpha value is -1.59. The number of hydrogen-bond donors (Lipinski definition) is 2. The minimum absolute atomic E-state index is 0.345. The topological polar surface area (TPSA) is 92.7 Å². The van der Waals surface area contributed by atoms with Crippen molar-refractivity contribution >= 4 is 17.8 Å². The highest BCUT2D eigenvalue weighted by Gasteiger charge is 2.24. The van der Waals surface area contributed by atoms with Crippen LogP contribution in [0.4, 0.5) is 0 Å². The zero-order chi connectivity index (χ0) is 12.0. The fraction of sp³-hybridized carbons (Fsp3) is 0.667. The van der Waals surface area contributed by atoms with Crippen molar-refractivity contribution in [1.82, 2.24) is 5.32 Å². The number of aliphatic carboxylic acids is 1. The Bertz CT molecular complexity index is 245. The molecule has 0 fully saturated rings. The van der Waals surface area contributed by atoms with Crippen LogP contribution in [-0.2, 0) is 19.1 Å². The average molecular weight is 217 g/mol. The summed E-state index contributed by atoms with van der Waals surface area (Å²) >= 11 is 0. The van der Waals surface area contributed by atoms with Crippen molar-refractivity contribution in [2.24, 2.45) is 0 Å². The van der Waals surface area contributed by atoms with E-state index in [1.807, 2.05) is 0 Å². The Morgan fingerprint density at radius 3 is 2.20 bits per heavy atom. The predicted molar refractivity (Wildman–Crippen MR) is 51.1 cm³/mol. The summed E-state index contributed by atoms with van der Waals surface area (Å²) in [5, 5.41) is 10.7. The molecule has 6 heteroatoms. The second-order valence-electron chi connectivity index (χ2n) is 3.34. The monoisotopic (exact) mass is 217 g/mol. The van der Waals surface area contributed by atoms with E-state index in [2.05, 4.69) is 5.32 Å². The SMILES string of the molecule is CC(=O)NC(CC(=O)O)C(=O)OC(C)C. The molecule has 6 nitrogen and oxygen atoms in total. The highest BCUT2D eigenvalue weighted by Crippen LogP contribution is 1.99. The molecule has 0 bridgehead atoms. The molecule has 0 rings (SSSR count). The minimum atomic E-state index is -1.17. The summed E-state index contributed by atoms with van der Waals surface area (Å²) in [6.07, 6.45) is -0.826. The summed E-state index contributed by atoms with van der Waals surface area (Å²) in [5.74, 6) is -2.38. The molecule has 0 aliphatic carbocycles. The van der Waals surface area contributed by atoms with Crippen molar-refractivity contribution in [3.63, 3.8) is 0 Å². The zero-order valence-corrected chi connectivity index (χ0v) is 8.94. The van der Waals surface area contributed by atoms with E-state index in [0.29, 0.717) is 0 Å². The van der Waals surface area contributed by atoms with Gasteiger partial charge in [0.25, 0.3) is 0 Å². The van der Waals surface area contributed by atoms with Crippen LogP contribution in [-0.4, -0.2) is 35.1 Å². The number of nitrogens with one attached hydrogen (secondary N) is 1. The molecule has 0 aliphatic rings. The lowest BCUT2D eigenvalue weighted by Gasteiger charge is -2.16. The Morgan fingerprint density at radius 1 is 1.33 bits per heavy atom. The van der Waals surface area contributed by atoms with Crippen LogP contribution in [0.2, 0.25) is 0 Å². The number of carboxylic acids is 1. The Morgan fingerprint density at radius 2 is 1.87 bits per heavy atom. The van der Waals surface area contributed by atoms with E-state index in [1.165, 1.54) is 6.92 Å². The van der Waals surface area contributed by atoms with Crippen LogP contribution in [0.25, 0.3) is 0 Å². The molecule has 0 saturated heterocycles. The van der Waals surface area contributed by atoms with Gasteiger partial charge >= 0.3 is 11.9 Å². The van der Waals surface area contributed by atoms with Gasteiger partial charge in [-0.15, -0.1) is 0 Å². The number of hydrogen-bond acceptors (Lipinski definition) is 4. The molecule has 1 amide bonds. The molecule has 0 aromatic heterocycles. The maximum atomic E-state index is 11.3.